The molecule has 8 heteroatoms. The third-order valence-electron chi connectivity index (χ3n) is 6.36. The summed E-state index contributed by atoms with van der Waals surface area (Å²) in [5, 5.41) is 0. The average Bonchev–Trinajstić information content (AvgIpc) is 2.82. The molecule has 0 aliphatic carbocycles. The van der Waals surface area contributed by atoms with Crippen LogP contribution in [0.5, 0.6) is 0 Å². The van der Waals surface area contributed by atoms with Crippen LogP contribution in [-0.4, -0.2) is 55.7 Å². The number of esters is 1. The third kappa shape index (κ3) is 5.62. The Bertz CT molecular complexity index is 1100. The maximum atomic E-state index is 13.2. The summed E-state index contributed by atoms with van der Waals surface area (Å²) in [7, 11) is -2.06. The number of hydrogen-bond acceptors (Lipinski definition) is 5. The molecule has 2 aromatic carbocycles. The first kappa shape index (κ1) is 24.9. The van der Waals surface area contributed by atoms with E-state index >= 15 is 0 Å². The van der Waals surface area contributed by atoms with Crippen LogP contribution in [0, 0.1) is 6.92 Å². The number of hydrogen-bond donors (Lipinski definition) is 0. The largest absolute Gasteiger partial charge is 0.452 e. The first-order valence-electron chi connectivity index (χ1n) is 11.2. The lowest BCUT2D eigenvalue weighted by molar-refractivity contribution is -0.135. The molecule has 1 aliphatic heterocycles. The second-order valence-corrected chi connectivity index (χ2v) is 10.5. The number of carbonyl (C=O) groups is 2. The fraction of sp³-hybridized carbons (Fsp3) is 0.440. The van der Waals surface area contributed by atoms with E-state index in [1.165, 1.54) is 21.3 Å². The van der Waals surface area contributed by atoms with Gasteiger partial charge in [-0.3, -0.25) is 4.79 Å². The standard InChI is InChI=1S/C25H32N2O5S/c1-18-13-14-22(33(30,31)27-15-9-8-10-19(27)2)16-23(18)25(29)32-17-24(28)26(4)20(3)21-11-6-5-7-12-21/h5-7,11-14,16,19-20H,8-10,15,17H2,1-4H3. The number of amides is 1. The summed E-state index contributed by atoms with van der Waals surface area (Å²) in [6.45, 7) is 5.55. The molecule has 7 nitrogen and oxygen atoms in total. The van der Waals surface area contributed by atoms with Crippen LogP contribution in [0.4, 0.5) is 0 Å². The highest BCUT2D eigenvalue weighted by atomic mass is 32.2. The molecule has 1 fully saturated rings. The lowest BCUT2D eigenvalue weighted by Crippen LogP contribution is -2.42. The Morgan fingerprint density at radius 3 is 2.52 bits per heavy atom. The zero-order valence-electron chi connectivity index (χ0n) is 19.7. The van der Waals surface area contributed by atoms with Crippen molar-refractivity contribution in [3.8, 4) is 0 Å². The number of sulfonamides is 1. The first-order valence-corrected chi connectivity index (χ1v) is 12.7. The fourth-order valence-corrected chi connectivity index (χ4v) is 5.75. The third-order valence-corrected chi connectivity index (χ3v) is 8.37. The molecule has 1 saturated heterocycles. The molecule has 1 heterocycles. The van der Waals surface area contributed by atoms with Gasteiger partial charge in [-0.25, -0.2) is 13.2 Å². The van der Waals surface area contributed by atoms with Crippen LogP contribution in [-0.2, 0) is 19.6 Å². The zero-order valence-corrected chi connectivity index (χ0v) is 20.5. The van der Waals surface area contributed by atoms with E-state index in [1.54, 1.807) is 20.0 Å². The van der Waals surface area contributed by atoms with Crippen LogP contribution in [0.25, 0.3) is 0 Å². The smallest absolute Gasteiger partial charge is 0.338 e. The van der Waals surface area contributed by atoms with Crippen LogP contribution < -0.4 is 0 Å². The molecule has 0 N–H and O–H groups in total. The van der Waals surface area contributed by atoms with Crippen molar-refractivity contribution in [2.24, 2.45) is 0 Å². The minimum atomic E-state index is -3.72. The average molecular weight is 473 g/mol. The Balaban J connectivity index is 1.70. The molecule has 0 aromatic heterocycles. The summed E-state index contributed by atoms with van der Waals surface area (Å²) in [6.07, 6.45) is 2.64. The summed E-state index contributed by atoms with van der Waals surface area (Å²) in [5.41, 5.74) is 1.71. The summed E-state index contributed by atoms with van der Waals surface area (Å²) in [6, 6.07) is 13.8. The first-order chi connectivity index (χ1) is 15.6. The van der Waals surface area contributed by atoms with Crippen molar-refractivity contribution < 1.29 is 22.7 Å². The van der Waals surface area contributed by atoms with E-state index in [2.05, 4.69) is 0 Å². The molecule has 0 saturated carbocycles. The van der Waals surface area contributed by atoms with Crippen molar-refractivity contribution in [1.29, 1.82) is 0 Å². The molecule has 2 unspecified atom stereocenters. The molecular weight excluding hydrogens is 440 g/mol. The SMILES string of the molecule is Cc1ccc(S(=O)(=O)N2CCCCC2C)cc1C(=O)OCC(=O)N(C)C(C)c1ccccc1. The molecule has 178 valence electrons. The summed E-state index contributed by atoms with van der Waals surface area (Å²) < 4.78 is 33.1. The van der Waals surface area contributed by atoms with Gasteiger partial charge in [-0.05, 0) is 56.9 Å². The fourth-order valence-electron chi connectivity index (χ4n) is 4.02. The number of aryl methyl sites for hydroxylation is 1. The Morgan fingerprint density at radius 1 is 1.15 bits per heavy atom. The highest BCUT2D eigenvalue weighted by Gasteiger charge is 2.31. The van der Waals surface area contributed by atoms with Gasteiger partial charge in [-0.1, -0.05) is 42.8 Å². The van der Waals surface area contributed by atoms with Gasteiger partial charge in [0.05, 0.1) is 16.5 Å². The molecule has 1 aliphatic rings. The number of carbonyl (C=O) groups excluding carboxylic acids is 2. The lowest BCUT2D eigenvalue weighted by Gasteiger charge is -2.32. The van der Waals surface area contributed by atoms with Crippen LogP contribution >= 0.6 is 0 Å². The van der Waals surface area contributed by atoms with Crippen molar-refractivity contribution >= 4 is 21.9 Å². The van der Waals surface area contributed by atoms with Crippen molar-refractivity contribution in [1.82, 2.24) is 9.21 Å². The summed E-state index contributed by atoms with van der Waals surface area (Å²) in [4.78, 5) is 26.9. The number of ether oxygens (including phenoxy) is 1. The maximum Gasteiger partial charge on any atom is 0.338 e. The van der Waals surface area contributed by atoms with Crippen molar-refractivity contribution in [3.63, 3.8) is 0 Å². The second-order valence-electron chi connectivity index (χ2n) is 8.60. The maximum absolute atomic E-state index is 13.2. The number of piperidine rings is 1. The molecule has 0 radical (unpaired) electrons. The quantitative estimate of drug-likeness (QED) is 0.570. The minimum absolute atomic E-state index is 0.0648. The van der Waals surface area contributed by atoms with E-state index in [-0.39, 0.29) is 28.4 Å². The van der Waals surface area contributed by atoms with Crippen LogP contribution in [0.3, 0.4) is 0 Å². The Morgan fingerprint density at radius 2 is 1.85 bits per heavy atom. The van der Waals surface area contributed by atoms with E-state index in [0.29, 0.717) is 12.1 Å². The Hall–Kier alpha value is -2.71. The molecule has 0 spiro atoms. The molecule has 0 bridgehead atoms. The van der Waals surface area contributed by atoms with Gasteiger partial charge in [-0.2, -0.15) is 4.31 Å². The van der Waals surface area contributed by atoms with Crippen molar-refractivity contribution in [2.45, 2.75) is 57.0 Å². The van der Waals surface area contributed by atoms with Crippen LogP contribution in [0.1, 0.15) is 60.6 Å². The normalized spacial score (nSPS) is 17.9. The van der Waals surface area contributed by atoms with E-state index < -0.39 is 22.6 Å². The number of nitrogens with zero attached hydrogens (tertiary/aromatic N) is 2. The highest BCUT2D eigenvalue weighted by molar-refractivity contribution is 7.89. The summed E-state index contributed by atoms with van der Waals surface area (Å²) >= 11 is 0. The number of likely N-dealkylation sites (N-methyl/N-ethyl adjacent to an activating group) is 1. The van der Waals surface area contributed by atoms with Gasteiger partial charge in [0, 0.05) is 19.6 Å². The minimum Gasteiger partial charge on any atom is -0.452 e. The molecule has 33 heavy (non-hydrogen) atoms. The topological polar surface area (TPSA) is 84.0 Å². The molecule has 2 atom stereocenters. The van der Waals surface area contributed by atoms with Crippen LogP contribution in [0.15, 0.2) is 53.4 Å². The van der Waals surface area contributed by atoms with E-state index in [1.807, 2.05) is 44.2 Å². The van der Waals surface area contributed by atoms with Gasteiger partial charge in [0.15, 0.2) is 6.61 Å². The van der Waals surface area contributed by atoms with Gasteiger partial charge in [0.2, 0.25) is 10.0 Å². The number of rotatable bonds is 7. The molecule has 2 aromatic rings. The zero-order chi connectivity index (χ0) is 24.2. The monoisotopic (exact) mass is 472 g/mol. The van der Waals surface area contributed by atoms with Gasteiger partial charge < -0.3 is 9.64 Å². The van der Waals surface area contributed by atoms with Crippen LogP contribution in [0.2, 0.25) is 0 Å². The Labute approximate surface area is 196 Å². The molecular formula is C25H32N2O5S. The molecule has 3 rings (SSSR count). The van der Waals surface area contributed by atoms with Gasteiger partial charge in [0.1, 0.15) is 0 Å². The highest BCUT2D eigenvalue weighted by Crippen LogP contribution is 2.27. The van der Waals surface area contributed by atoms with Gasteiger partial charge in [0.25, 0.3) is 5.91 Å². The van der Waals surface area contributed by atoms with Crippen molar-refractivity contribution in [3.05, 3.63) is 65.2 Å². The van der Waals surface area contributed by atoms with Crippen molar-refractivity contribution in [2.75, 3.05) is 20.2 Å². The molecule has 1 amide bonds. The van der Waals surface area contributed by atoms with Gasteiger partial charge in [-0.15, -0.1) is 0 Å². The lowest BCUT2D eigenvalue weighted by atomic mass is 10.1. The summed E-state index contributed by atoms with van der Waals surface area (Å²) in [5.74, 6) is -1.06. The Kier molecular flexibility index (Phi) is 7.92. The van der Waals surface area contributed by atoms with E-state index in [9.17, 15) is 18.0 Å². The van der Waals surface area contributed by atoms with E-state index in [4.69, 9.17) is 4.74 Å². The number of benzene rings is 2. The predicted octanol–water partition coefficient (Wildman–Crippen LogP) is 3.93. The van der Waals surface area contributed by atoms with E-state index in [0.717, 1.165) is 24.8 Å². The van der Waals surface area contributed by atoms with Gasteiger partial charge >= 0.3 is 5.97 Å². The second kappa shape index (κ2) is 10.5. The predicted molar refractivity (Wildman–Crippen MR) is 126 cm³/mol.